The lowest BCUT2D eigenvalue weighted by atomic mass is 10.2. The fourth-order valence-corrected chi connectivity index (χ4v) is 5.01. The van der Waals surface area contributed by atoms with Crippen LogP contribution in [-0.2, 0) is 11.2 Å². The molecule has 0 bridgehead atoms. The van der Waals surface area contributed by atoms with E-state index in [9.17, 15) is 9.59 Å². The summed E-state index contributed by atoms with van der Waals surface area (Å²) in [6.07, 6.45) is 0.783. The Morgan fingerprint density at radius 2 is 2.07 bits per heavy atom. The minimum Gasteiger partial charge on any atom is -0.354 e. The summed E-state index contributed by atoms with van der Waals surface area (Å²) in [4.78, 5) is 26.9. The Morgan fingerprint density at radius 1 is 1.26 bits per heavy atom. The van der Waals surface area contributed by atoms with Crippen molar-refractivity contribution in [2.45, 2.75) is 26.3 Å². The molecule has 0 saturated carbocycles. The Kier molecular flexibility index (Phi) is 4.80. The lowest BCUT2D eigenvalue weighted by Gasteiger charge is -2.15. The molecular formula is C20H19N3O2S2. The van der Waals surface area contributed by atoms with E-state index < -0.39 is 6.04 Å². The molecule has 1 N–H and O–H groups in total. The summed E-state index contributed by atoms with van der Waals surface area (Å²) in [6, 6.07) is 11.2. The van der Waals surface area contributed by atoms with Crippen molar-refractivity contribution < 1.29 is 4.79 Å². The summed E-state index contributed by atoms with van der Waals surface area (Å²) < 4.78 is 3.26. The van der Waals surface area contributed by atoms with E-state index in [1.54, 1.807) is 29.6 Å². The lowest BCUT2D eigenvalue weighted by Crippen LogP contribution is -2.38. The predicted molar refractivity (Wildman–Crippen MR) is 112 cm³/mol. The van der Waals surface area contributed by atoms with Crippen LogP contribution in [0.2, 0.25) is 0 Å². The number of nitrogens with one attached hydrogen (secondary N) is 1. The highest BCUT2D eigenvalue weighted by Crippen LogP contribution is 2.32. The van der Waals surface area contributed by atoms with Crippen LogP contribution in [0.4, 0.5) is 0 Å². The number of carbonyl (C=O) groups is 1. The Labute approximate surface area is 164 Å². The molecule has 4 rings (SSSR count). The fourth-order valence-electron chi connectivity index (χ4n) is 3.16. The third-order valence-corrected chi connectivity index (χ3v) is 6.82. The van der Waals surface area contributed by atoms with Gasteiger partial charge in [-0.3, -0.25) is 9.59 Å². The van der Waals surface area contributed by atoms with Crippen molar-refractivity contribution in [2.75, 3.05) is 6.54 Å². The number of rotatable bonds is 5. The molecule has 3 aromatic heterocycles. The van der Waals surface area contributed by atoms with Crippen molar-refractivity contribution in [2.24, 2.45) is 0 Å². The first-order valence-electron chi connectivity index (χ1n) is 8.77. The molecule has 0 radical (unpaired) electrons. The maximum Gasteiger partial charge on any atom is 0.276 e. The molecule has 0 spiro atoms. The normalized spacial score (nSPS) is 12.5. The van der Waals surface area contributed by atoms with Crippen LogP contribution in [0.3, 0.4) is 0 Å². The maximum absolute atomic E-state index is 13.1. The van der Waals surface area contributed by atoms with Crippen LogP contribution in [0.1, 0.15) is 23.5 Å². The molecule has 4 aromatic rings. The van der Waals surface area contributed by atoms with Gasteiger partial charge in [0, 0.05) is 21.5 Å². The number of amides is 1. The van der Waals surface area contributed by atoms with Crippen molar-refractivity contribution in [1.29, 1.82) is 0 Å². The van der Waals surface area contributed by atoms with E-state index in [0.29, 0.717) is 11.9 Å². The van der Waals surface area contributed by atoms with Crippen molar-refractivity contribution in [3.63, 3.8) is 0 Å². The van der Waals surface area contributed by atoms with Crippen LogP contribution in [0.15, 0.2) is 46.6 Å². The summed E-state index contributed by atoms with van der Waals surface area (Å²) in [5.74, 6) is -0.195. The van der Waals surface area contributed by atoms with Crippen molar-refractivity contribution in [3.8, 4) is 0 Å². The molecule has 3 heterocycles. The van der Waals surface area contributed by atoms with Crippen LogP contribution in [0, 0.1) is 6.92 Å². The molecule has 1 unspecified atom stereocenters. The molecule has 138 valence electrons. The van der Waals surface area contributed by atoms with E-state index in [2.05, 4.69) is 10.4 Å². The molecule has 0 aliphatic rings. The molecule has 0 fully saturated rings. The second-order valence-electron chi connectivity index (χ2n) is 6.43. The van der Waals surface area contributed by atoms with E-state index in [-0.39, 0.29) is 11.5 Å². The van der Waals surface area contributed by atoms with Gasteiger partial charge in [0.05, 0.1) is 15.8 Å². The number of thiophene rings is 2. The minimum absolute atomic E-state index is 0.195. The first kappa shape index (κ1) is 17.9. The fraction of sp³-hybridized carbons (Fsp3) is 0.250. The molecular weight excluding hydrogens is 378 g/mol. The zero-order valence-electron chi connectivity index (χ0n) is 15.1. The van der Waals surface area contributed by atoms with Gasteiger partial charge in [0.25, 0.3) is 5.56 Å². The number of aromatic nitrogens is 2. The van der Waals surface area contributed by atoms with E-state index in [1.165, 1.54) is 9.56 Å². The Morgan fingerprint density at radius 3 is 2.85 bits per heavy atom. The van der Waals surface area contributed by atoms with Crippen molar-refractivity contribution in [1.82, 2.24) is 15.1 Å². The summed E-state index contributed by atoms with van der Waals surface area (Å²) in [5, 5.41) is 10.9. The van der Waals surface area contributed by atoms with Gasteiger partial charge < -0.3 is 5.32 Å². The van der Waals surface area contributed by atoms with Gasteiger partial charge in [0.1, 0.15) is 6.04 Å². The number of hydrogen-bond donors (Lipinski definition) is 1. The van der Waals surface area contributed by atoms with Gasteiger partial charge in [0.15, 0.2) is 0 Å². The zero-order valence-corrected chi connectivity index (χ0v) is 16.7. The molecule has 1 aromatic carbocycles. The Hall–Kier alpha value is -2.51. The average molecular weight is 398 g/mol. The monoisotopic (exact) mass is 397 g/mol. The van der Waals surface area contributed by atoms with Crippen molar-refractivity contribution >= 4 is 48.8 Å². The molecule has 27 heavy (non-hydrogen) atoms. The second kappa shape index (κ2) is 7.25. The van der Waals surface area contributed by atoms with Crippen LogP contribution in [-0.4, -0.2) is 22.2 Å². The summed E-state index contributed by atoms with van der Waals surface area (Å²) in [7, 11) is 0. The van der Waals surface area contributed by atoms with E-state index in [4.69, 9.17) is 0 Å². The van der Waals surface area contributed by atoms with Gasteiger partial charge >= 0.3 is 0 Å². The molecule has 7 heteroatoms. The summed E-state index contributed by atoms with van der Waals surface area (Å²) >= 11 is 3.24. The number of fused-ring (bicyclic) bond motifs is 3. The van der Waals surface area contributed by atoms with Gasteiger partial charge in [0.2, 0.25) is 5.91 Å². The van der Waals surface area contributed by atoms with Crippen molar-refractivity contribution in [3.05, 3.63) is 62.7 Å². The predicted octanol–water partition coefficient (Wildman–Crippen LogP) is 3.90. The highest BCUT2D eigenvalue weighted by Gasteiger charge is 2.21. The number of carbonyl (C=O) groups excluding carboxylic acids is 1. The maximum atomic E-state index is 13.1. The van der Waals surface area contributed by atoms with Crippen LogP contribution in [0.5, 0.6) is 0 Å². The summed E-state index contributed by atoms with van der Waals surface area (Å²) in [5.41, 5.74) is 0.554. The first-order valence-corrected chi connectivity index (χ1v) is 10.5. The third-order valence-electron chi connectivity index (χ3n) is 4.60. The van der Waals surface area contributed by atoms with Gasteiger partial charge in [-0.2, -0.15) is 5.10 Å². The van der Waals surface area contributed by atoms with Crippen LogP contribution >= 0.6 is 22.7 Å². The third kappa shape index (κ3) is 3.28. The van der Waals surface area contributed by atoms with E-state index in [1.807, 2.05) is 48.7 Å². The number of benzene rings is 1. The quantitative estimate of drug-likeness (QED) is 0.555. The van der Waals surface area contributed by atoms with Gasteiger partial charge in [-0.05, 0) is 37.8 Å². The molecule has 5 nitrogen and oxygen atoms in total. The first-order chi connectivity index (χ1) is 13.1. The smallest absolute Gasteiger partial charge is 0.276 e. The largest absolute Gasteiger partial charge is 0.354 e. The zero-order chi connectivity index (χ0) is 19.0. The van der Waals surface area contributed by atoms with E-state index in [0.717, 1.165) is 26.9 Å². The Bertz CT molecular complexity index is 1180. The number of nitrogens with zero attached hydrogens (tertiary/aromatic N) is 2. The van der Waals surface area contributed by atoms with Crippen LogP contribution < -0.4 is 10.9 Å². The average Bonchev–Trinajstić information content (AvgIpc) is 3.31. The van der Waals surface area contributed by atoms with Gasteiger partial charge in [-0.1, -0.05) is 24.3 Å². The topological polar surface area (TPSA) is 64.0 Å². The highest BCUT2D eigenvalue weighted by molar-refractivity contribution is 7.26. The molecule has 1 amide bonds. The second-order valence-corrected chi connectivity index (χ2v) is 8.52. The highest BCUT2D eigenvalue weighted by atomic mass is 32.1. The summed E-state index contributed by atoms with van der Waals surface area (Å²) in [6.45, 7) is 4.14. The lowest BCUT2D eigenvalue weighted by molar-refractivity contribution is -0.124. The molecule has 0 saturated heterocycles. The molecule has 0 aliphatic heterocycles. The number of hydrogen-bond acceptors (Lipinski definition) is 5. The number of aryl methyl sites for hydroxylation is 1. The SMILES string of the molecule is Cc1nn(C(C)C(=O)NCCc2cccs2)c(=O)c2c1sc1ccccc12. The van der Waals surface area contributed by atoms with Crippen LogP contribution in [0.25, 0.3) is 20.2 Å². The van der Waals surface area contributed by atoms with E-state index >= 15 is 0 Å². The standard InChI is InChI=1S/C20H19N3O2S2/c1-12-18-17(15-7-3-4-8-16(15)27-18)20(25)23(22-12)13(2)19(24)21-10-9-14-6-5-11-26-14/h3-8,11,13H,9-10H2,1-2H3,(H,21,24). The van der Waals surface area contributed by atoms with Gasteiger partial charge in [-0.15, -0.1) is 22.7 Å². The molecule has 0 aliphatic carbocycles. The minimum atomic E-state index is -0.664. The molecule has 1 atom stereocenters. The van der Waals surface area contributed by atoms with Gasteiger partial charge in [-0.25, -0.2) is 4.68 Å². The Balaban J connectivity index is 1.64.